The Hall–Kier alpha value is -3.21. The second-order valence-corrected chi connectivity index (χ2v) is 5.30. The zero-order chi connectivity index (χ0) is 16.0. The Balaban J connectivity index is 1.73. The number of carbonyl (C=O) groups excluding carboxylic acids is 2. The highest BCUT2D eigenvalue weighted by Crippen LogP contribution is 2.24. The third kappa shape index (κ3) is 2.05. The number of fused-ring (bicyclic) bond motifs is 2. The third-order valence-corrected chi connectivity index (χ3v) is 3.80. The van der Waals surface area contributed by atoms with Crippen molar-refractivity contribution in [2.24, 2.45) is 5.10 Å². The average Bonchev–Trinajstić information content (AvgIpc) is 3.11. The van der Waals surface area contributed by atoms with Crippen LogP contribution in [0.25, 0.3) is 11.0 Å². The molecular weight excluding hydrogens is 292 g/mol. The van der Waals surface area contributed by atoms with Crippen molar-refractivity contribution >= 4 is 28.5 Å². The van der Waals surface area contributed by atoms with Crippen molar-refractivity contribution in [3.8, 4) is 0 Å². The maximum Gasteiger partial charge on any atom is 0.282 e. The van der Waals surface area contributed by atoms with E-state index in [0.717, 1.165) is 16.0 Å². The van der Waals surface area contributed by atoms with E-state index >= 15 is 0 Å². The predicted octanol–water partition coefficient (Wildman–Crippen LogP) is 3.45. The predicted molar refractivity (Wildman–Crippen MR) is 85.4 cm³/mol. The van der Waals surface area contributed by atoms with Crippen LogP contribution in [0.2, 0.25) is 0 Å². The lowest BCUT2D eigenvalue weighted by molar-refractivity contribution is 0.0658. The molecule has 1 aliphatic heterocycles. The summed E-state index contributed by atoms with van der Waals surface area (Å²) in [6.07, 6.45) is 0. The van der Waals surface area contributed by atoms with Gasteiger partial charge in [0.05, 0.1) is 11.1 Å². The van der Waals surface area contributed by atoms with E-state index in [9.17, 15) is 9.59 Å². The lowest BCUT2D eigenvalue weighted by Crippen LogP contribution is -2.25. The molecule has 0 aliphatic carbocycles. The number of hydrogen-bond donors (Lipinski definition) is 0. The highest BCUT2D eigenvalue weighted by molar-refractivity contribution is 6.21. The second-order valence-electron chi connectivity index (χ2n) is 5.30. The minimum Gasteiger partial charge on any atom is -0.455 e. The molecule has 1 aliphatic rings. The van der Waals surface area contributed by atoms with Gasteiger partial charge in [-0.2, -0.15) is 10.1 Å². The smallest absolute Gasteiger partial charge is 0.282 e. The summed E-state index contributed by atoms with van der Waals surface area (Å²) in [6, 6.07) is 16.1. The van der Waals surface area contributed by atoms with Crippen LogP contribution in [0.5, 0.6) is 0 Å². The third-order valence-electron chi connectivity index (χ3n) is 3.80. The first kappa shape index (κ1) is 13.5. The van der Waals surface area contributed by atoms with Gasteiger partial charge >= 0.3 is 0 Å². The lowest BCUT2D eigenvalue weighted by Gasteiger charge is -2.07. The number of rotatable bonds is 2. The van der Waals surface area contributed by atoms with Crippen LogP contribution in [0.4, 0.5) is 0 Å². The van der Waals surface area contributed by atoms with Crippen LogP contribution in [-0.2, 0) is 0 Å². The number of hydrazone groups is 1. The zero-order valence-corrected chi connectivity index (χ0v) is 12.3. The van der Waals surface area contributed by atoms with Crippen molar-refractivity contribution in [3.05, 3.63) is 71.5 Å². The van der Waals surface area contributed by atoms with Gasteiger partial charge in [-0.3, -0.25) is 9.59 Å². The Morgan fingerprint density at radius 2 is 1.57 bits per heavy atom. The van der Waals surface area contributed by atoms with Gasteiger partial charge in [0.15, 0.2) is 5.76 Å². The molecule has 3 aromatic rings. The Bertz CT molecular complexity index is 917. The minimum atomic E-state index is -0.416. The van der Waals surface area contributed by atoms with E-state index < -0.39 is 11.8 Å². The van der Waals surface area contributed by atoms with E-state index in [4.69, 9.17) is 4.42 Å². The molecule has 0 radical (unpaired) electrons. The fourth-order valence-electron chi connectivity index (χ4n) is 2.63. The normalized spacial score (nSPS) is 14.7. The quantitative estimate of drug-likeness (QED) is 0.538. The molecule has 0 N–H and O–H groups in total. The summed E-state index contributed by atoms with van der Waals surface area (Å²) in [6.45, 7) is 1.71. The fourth-order valence-corrected chi connectivity index (χ4v) is 2.63. The van der Waals surface area contributed by atoms with Crippen LogP contribution in [0.15, 0.2) is 64.1 Å². The van der Waals surface area contributed by atoms with Gasteiger partial charge in [-0.15, -0.1) is 0 Å². The Morgan fingerprint density at radius 3 is 2.22 bits per heavy atom. The summed E-state index contributed by atoms with van der Waals surface area (Å²) in [4.78, 5) is 24.6. The van der Waals surface area contributed by atoms with Crippen molar-refractivity contribution < 1.29 is 14.0 Å². The van der Waals surface area contributed by atoms with Crippen LogP contribution in [0.1, 0.15) is 33.4 Å². The first-order valence-corrected chi connectivity index (χ1v) is 7.17. The largest absolute Gasteiger partial charge is 0.455 e. The molecule has 0 bridgehead atoms. The van der Waals surface area contributed by atoms with Gasteiger partial charge in [0.2, 0.25) is 0 Å². The van der Waals surface area contributed by atoms with E-state index in [2.05, 4.69) is 5.10 Å². The molecule has 0 spiro atoms. The number of carbonyl (C=O) groups is 2. The molecule has 4 rings (SSSR count). The molecule has 112 valence electrons. The Labute approximate surface area is 131 Å². The Kier molecular flexibility index (Phi) is 2.87. The number of hydrogen-bond acceptors (Lipinski definition) is 4. The average molecular weight is 304 g/mol. The number of furan rings is 1. The lowest BCUT2D eigenvalue weighted by atomic mass is 10.1. The summed E-state index contributed by atoms with van der Waals surface area (Å²) in [5, 5.41) is 6.02. The minimum absolute atomic E-state index is 0.374. The summed E-state index contributed by atoms with van der Waals surface area (Å²) in [5.74, 6) is -0.301. The second kappa shape index (κ2) is 4.91. The molecular formula is C18H12N2O3. The maximum atomic E-state index is 12.3. The van der Waals surface area contributed by atoms with E-state index in [1.165, 1.54) is 0 Å². The number of para-hydroxylation sites is 1. The number of benzene rings is 2. The number of imide groups is 1. The van der Waals surface area contributed by atoms with Gasteiger partial charge < -0.3 is 4.42 Å². The van der Waals surface area contributed by atoms with Crippen LogP contribution in [0.3, 0.4) is 0 Å². The molecule has 1 aromatic heterocycles. The van der Waals surface area contributed by atoms with Crippen molar-refractivity contribution in [2.45, 2.75) is 6.92 Å². The van der Waals surface area contributed by atoms with Gasteiger partial charge in [0.1, 0.15) is 11.3 Å². The van der Waals surface area contributed by atoms with Crippen LogP contribution >= 0.6 is 0 Å². The molecule has 0 fully saturated rings. The highest BCUT2D eigenvalue weighted by atomic mass is 16.3. The van der Waals surface area contributed by atoms with Crippen molar-refractivity contribution in [1.29, 1.82) is 0 Å². The molecule has 0 saturated carbocycles. The van der Waals surface area contributed by atoms with Gasteiger partial charge in [0, 0.05) is 5.39 Å². The van der Waals surface area contributed by atoms with Crippen molar-refractivity contribution in [2.75, 3.05) is 0 Å². The summed E-state index contributed by atoms with van der Waals surface area (Å²) in [7, 11) is 0. The van der Waals surface area contributed by atoms with E-state index in [0.29, 0.717) is 22.6 Å². The Morgan fingerprint density at radius 1 is 0.957 bits per heavy atom. The van der Waals surface area contributed by atoms with Crippen molar-refractivity contribution in [3.63, 3.8) is 0 Å². The molecule has 5 heteroatoms. The summed E-state index contributed by atoms with van der Waals surface area (Å²) < 4.78 is 5.71. The van der Waals surface area contributed by atoms with Gasteiger partial charge in [-0.1, -0.05) is 30.3 Å². The van der Waals surface area contributed by atoms with Crippen LogP contribution in [0, 0.1) is 0 Å². The topological polar surface area (TPSA) is 62.9 Å². The van der Waals surface area contributed by atoms with E-state index in [1.54, 1.807) is 31.2 Å². The first-order chi connectivity index (χ1) is 11.1. The van der Waals surface area contributed by atoms with Gasteiger partial charge in [0.25, 0.3) is 11.8 Å². The monoisotopic (exact) mass is 304 g/mol. The maximum absolute atomic E-state index is 12.3. The van der Waals surface area contributed by atoms with Crippen LogP contribution < -0.4 is 0 Å². The standard InChI is InChI=1S/C18H12N2O3/c1-11(16-10-12-6-2-5-9-15(12)23-16)19-20-17(21)13-7-3-4-8-14(13)18(20)22/h2-10H,1H3. The van der Waals surface area contributed by atoms with Crippen molar-refractivity contribution in [1.82, 2.24) is 5.01 Å². The SMILES string of the molecule is CC(=NN1C(=O)c2ccccc2C1=O)c1cc2ccccc2o1. The molecule has 0 atom stereocenters. The molecule has 2 amide bonds. The summed E-state index contributed by atoms with van der Waals surface area (Å²) in [5.41, 5.74) is 1.95. The summed E-state index contributed by atoms with van der Waals surface area (Å²) >= 11 is 0. The van der Waals surface area contributed by atoms with E-state index in [1.807, 2.05) is 30.3 Å². The molecule has 0 unspecified atom stereocenters. The van der Waals surface area contributed by atoms with E-state index in [-0.39, 0.29) is 0 Å². The molecule has 23 heavy (non-hydrogen) atoms. The number of amides is 2. The van der Waals surface area contributed by atoms with Gasteiger partial charge in [-0.05, 0) is 31.2 Å². The first-order valence-electron chi connectivity index (χ1n) is 7.17. The molecule has 2 aromatic carbocycles. The molecule has 0 saturated heterocycles. The zero-order valence-electron chi connectivity index (χ0n) is 12.3. The van der Waals surface area contributed by atoms with Crippen LogP contribution in [-0.4, -0.2) is 22.5 Å². The molecule has 5 nitrogen and oxygen atoms in total. The number of nitrogens with zero attached hydrogens (tertiary/aromatic N) is 2. The highest BCUT2D eigenvalue weighted by Gasteiger charge is 2.35. The molecule has 2 heterocycles. The fraction of sp³-hybridized carbons (Fsp3) is 0.0556. The van der Waals surface area contributed by atoms with Gasteiger partial charge in [-0.25, -0.2) is 0 Å².